The number of carbonyl (C=O) groups excluding carboxylic acids is 2. The fourth-order valence-corrected chi connectivity index (χ4v) is 4.58. The molecule has 172 valence electrons. The Morgan fingerprint density at radius 3 is 2.58 bits per heavy atom. The largest absolute Gasteiger partial charge is 0.495 e. The van der Waals surface area contributed by atoms with Gasteiger partial charge in [0.1, 0.15) is 12.4 Å². The molecule has 1 amide bonds. The van der Waals surface area contributed by atoms with E-state index in [0.717, 1.165) is 0 Å². The molecule has 0 radical (unpaired) electrons. The Kier molecular flexibility index (Phi) is 7.13. The van der Waals surface area contributed by atoms with Gasteiger partial charge in [0.2, 0.25) is 11.9 Å². The summed E-state index contributed by atoms with van der Waals surface area (Å²) in [4.78, 5) is 41.6. The van der Waals surface area contributed by atoms with Crippen molar-refractivity contribution in [3.63, 3.8) is 0 Å². The molecule has 9 nitrogen and oxygen atoms in total. The van der Waals surface area contributed by atoms with Gasteiger partial charge in [-0.3, -0.25) is 14.5 Å². The van der Waals surface area contributed by atoms with Crippen LogP contribution in [-0.2, 0) is 20.9 Å². The number of amides is 1. The molecule has 0 aliphatic carbocycles. The summed E-state index contributed by atoms with van der Waals surface area (Å²) in [5.74, 6) is 0.677. The molecule has 0 saturated carbocycles. The number of methoxy groups -OCH3 is 1. The van der Waals surface area contributed by atoms with E-state index in [1.165, 1.54) is 23.2 Å². The summed E-state index contributed by atoms with van der Waals surface area (Å²) in [6, 6.07) is 9.04. The Labute approximate surface area is 196 Å². The molecular weight excluding hydrogens is 442 g/mol. The zero-order valence-corrected chi connectivity index (χ0v) is 19.3. The van der Waals surface area contributed by atoms with E-state index in [9.17, 15) is 9.59 Å². The average molecular weight is 468 g/mol. The summed E-state index contributed by atoms with van der Waals surface area (Å²) in [5, 5.41) is 2.29. The maximum Gasteiger partial charge on any atom is 0.309 e. The van der Waals surface area contributed by atoms with Crippen molar-refractivity contribution in [2.45, 2.75) is 26.4 Å². The Bertz CT molecular complexity index is 1100. The minimum Gasteiger partial charge on any atom is -0.495 e. The van der Waals surface area contributed by atoms with Gasteiger partial charge in [-0.2, -0.15) is 0 Å². The van der Waals surface area contributed by atoms with Gasteiger partial charge in [0.05, 0.1) is 24.4 Å². The van der Waals surface area contributed by atoms with E-state index in [1.807, 2.05) is 12.1 Å². The van der Waals surface area contributed by atoms with Gasteiger partial charge in [-0.25, -0.2) is 15.0 Å². The number of piperidine rings is 1. The maximum atomic E-state index is 12.6. The van der Waals surface area contributed by atoms with Crippen molar-refractivity contribution < 1.29 is 19.1 Å². The van der Waals surface area contributed by atoms with Crippen LogP contribution < -0.4 is 14.5 Å². The predicted octanol–water partition coefficient (Wildman–Crippen LogP) is 3.59. The van der Waals surface area contributed by atoms with Crippen LogP contribution in [0.25, 0.3) is 0 Å². The molecule has 0 bridgehead atoms. The SMILES string of the molecule is COc1ccccc1N(C(C)=O)c1nc(COC(=O)C2CCN(c3ncccn3)CC2)cs1. The number of aromatic nitrogens is 3. The standard InChI is InChI=1S/C23H25N5O4S/c1-16(29)28(19-6-3-4-7-20(19)31-2)23-26-18(15-33-23)14-32-21(30)17-8-12-27(13-9-17)22-24-10-5-11-25-22/h3-7,10-11,15,17H,8-9,12-14H2,1-2H3. The second kappa shape index (κ2) is 10.4. The van der Waals surface area contributed by atoms with Crippen molar-refractivity contribution in [3.8, 4) is 5.75 Å². The number of benzene rings is 1. The van der Waals surface area contributed by atoms with E-state index >= 15 is 0 Å². The monoisotopic (exact) mass is 467 g/mol. The van der Waals surface area contributed by atoms with Gasteiger partial charge >= 0.3 is 5.97 Å². The van der Waals surface area contributed by atoms with Crippen molar-refractivity contribution in [1.82, 2.24) is 15.0 Å². The summed E-state index contributed by atoms with van der Waals surface area (Å²) in [6.07, 6.45) is 4.80. The van der Waals surface area contributed by atoms with E-state index in [2.05, 4.69) is 19.9 Å². The highest BCUT2D eigenvalue weighted by Crippen LogP contribution is 2.35. The highest BCUT2D eigenvalue weighted by molar-refractivity contribution is 7.14. The van der Waals surface area contributed by atoms with Gasteiger partial charge in [-0.05, 0) is 31.0 Å². The van der Waals surface area contributed by atoms with Crippen LogP contribution in [-0.4, -0.2) is 47.0 Å². The van der Waals surface area contributed by atoms with Crippen LogP contribution in [0.2, 0.25) is 0 Å². The molecule has 0 atom stereocenters. The second-order valence-corrected chi connectivity index (χ2v) is 8.40. The van der Waals surface area contributed by atoms with E-state index in [0.29, 0.717) is 54.1 Å². The number of carbonyl (C=O) groups is 2. The molecule has 10 heteroatoms. The molecule has 3 heterocycles. The van der Waals surface area contributed by atoms with E-state index in [-0.39, 0.29) is 24.4 Å². The van der Waals surface area contributed by atoms with Crippen LogP contribution in [0.1, 0.15) is 25.5 Å². The molecule has 2 aromatic heterocycles. The number of hydrogen-bond donors (Lipinski definition) is 0. The normalized spacial score (nSPS) is 14.1. The van der Waals surface area contributed by atoms with E-state index < -0.39 is 0 Å². The number of rotatable bonds is 7. The predicted molar refractivity (Wildman–Crippen MR) is 125 cm³/mol. The molecular formula is C23H25N5O4S. The van der Waals surface area contributed by atoms with Gasteiger partial charge in [0.15, 0.2) is 5.13 Å². The van der Waals surface area contributed by atoms with E-state index in [1.54, 1.807) is 43.1 Å². The third-order valence-electron chi connectivity index (χ3n) is 5.40. The second-order valence-electron chi connectivity index (χ2n) is 7.57. The third kappa shape index (κ3) is 5.28. The van der Waals surface area contributed by atoms with Crippen LogP contribution in [0.5, 0.6) is 5.75 Å². The smallest absolute Gasteiger partial charge is 0.309 e. The number of anilines is 3. The number of hydrogen-bond acceptors (Lipinski definition) is 9. The van der Waals surface area contributed by atoms with Crippen LogP contribution >= 0.6 is 11.3 Å². The average Bonchev–Trinajstić information content (AvgIpc) is 3.32. The third-order valence-corrected chi connectivity index (χ3v) is 6.27. The fourth-order valence-electron chi connectivity index (χ4n) is 3.72. The van der Waals surface area contributed by atoms with Gasteiger partial charge in [-0.1, -0.05) is 12.1 Å². The number of nitrogens with zero attached hydrogens (tertiary/aromatic N) is 5. The van der Waals surface area contributed by atoms with E-state index in [4.69, 9.17) is 9.47 Å². The van der Waals surface area contributed by atoms with Gasteiger partial charge in [0, 0.05) is 37.8 Å². The number of para-hydroxylation sites is 2. The zero-order valence-electron chi connectivity index (χ0n) is 18.5. The summed E-state index contributed by atoms with van der Waals surface area (Å²) in [6.45, 7) is 2.95. The van der Waals surface area contributed by atoms with Crippen LogP contribution in [0.3, 0.4) is 0 Å². The topological polar surface area (TPSA) is 97.7 Å². The first-order chi connectivity index (χ1) is 16.1. The molecule has 0 spiro atoms. The molecule has 1 aliphatic rings. The Morgan fingerprint density at radius 2 is 1.88 bits per heavy atom. The minimum atomic E-state index is -0.230. The van der Waals surface area contributed by atoms with Crippen molar-refractivity contribution >= 4 is 40.0 Å². The summed E-state index contributed by atoms with van der Waals surface area (Å²) < 4.78 is 10.9. The van der Waals surface area contributed by atoms with Crippen molar-refractivity contribution in [2.24, 2.45) is 5.92 Å². The quantitative estimate of drug-likeness (QED) is 0.486. The zero-order chi connectivity index (χ0) is 23.2. The summed E-state index contributed by atoms with van der Waals surface area (Å²) in [7, 11) is 1.56. The lowest BCUT2D eigenvalue weighted by Gasteiger charge is -2.30. The van der Waals surface area contributed by atoms with Crippen LogP contribution in [0.15, 0.2) is 48.1 Å². The lowest BCUT2D eigenvalue weighted by molar-refractivity contribution is -0.150. The molecule has 33 heavy (non-hydrogen) atoms. The first-order valence-electron chi connectivity index (χ1n) is 10.6. The highest BCUT2D eigenvalue weighted by Gasteiger charge is 2.28. The molecule has 1 aliphatic heterocycles. The molecule has 4 rings (SSSR count). The fraction of sp³-hybridized carbons (Fsp3) is 0.348. The number of thiazole rings is 1. The van der Waals surface area contributed by atoms with Crippen molar-refractivity contribution in [2.75, 3.05) is 30.0 Å². The molecule has 1 aromatic carbocycles. The first-order valence-corrected chi connectivity index (χ1v) is 11.5. The highest BCUT2D eigenvalue weighted by atomic mass is 32.1. The summed E-state index contributed by atoms with van der Waals surface area (Å²) in [5.41, 5.74) is 1.21. The molecule has 1 saturated heterocycles. The summed E-state index contributed by atoms with van der Waals surface area (Å²) >= 11 is 1.31. The van der Waals surface area contributed by atoms with Gasteiger partial charge in [-0.15, -0.1) is 11.3 Å². The lowest BCUT2D eigenvalue weighted by atomic mass is 9.97. The van der Waals surface area contributed by atoms with Gasteiger partial charge in [0.25, 0.3) is 0 Å². The number of ether oxygens (including phenoxy) is 2. The molecule has 1 fully saturated rings. The first kappa shape index (κ1) is 22.7. The Hall–Kier alpha value is -3.53. The van der Waals surface area contributed by atoms with Crippen molar-refractivity contribution in [1.29, 1.82) is 0 Å². The minimum absolute atomic E-state index is 0.0645. The lowest BCUT2D eigenvalue weighted by Crippen LogP contribution is -2.37. The Balaban J connectivity index is 1.35. The van der Waals surface area contributed by atoms with Crippen LogP contribution in [0, 0.1) is 5.92 Å². The maximum absolute atomic E-state index is 12.6. The molecule has 0 unspecified atom stereocenters. The Morgan fingerprint density at radius 1 is 1.15 bits per heavy atom. The number of esters is 1. The molecule has 0 N–H and O–H groups in total. The van der Waals surface area contributed by atoms with Crippen molar-refractivity contribution in [3.05, 3.63) is 53.8 Å². The molecule has 3 aromatic rings. The van der Waals surface area contributed by atoms with Gasteiger partial charge < -0.3 is 14.4 Å². The van der Waals surface area contributed by atoms with Crippen LogP contribution in [0.4, 0.5) is 16.8 Å².